The van der Waals surface area contributed by atoms with E-state index in [1.54, 1.807) is 12.1 Å². The van der Waals surface area contributed by atoms with Crippen molar-refractivity contribution >= 4 is 5.91 Å². The van der Waals surface area contributed by atoms with Gasteiger partial charge in [0.15, 0.2) is 5.76 Å². The van der Waals surface area contributed by atoms with Gasteiger partial charge in [0, 0.05) is 12.1 Å². The number of amides is 1. The van der Waals surface area contributed by atoms with E-state index in [2.05, 4.69) is 5.32 Å². The maximum Gasteiger partial charge on any atom is 0.287 e. The van der Waals surface area contributed by atoms with Crippen molar-refractivity contribution in [2.75, 3.05) is 0 Å². The average Bonchev–Trinajstić information content (AvgIpc) is 2.91. The van der Waals surface area contributed by atoms with Crippen LogP contribution in [0.25, 0.3) is 0 Å². The van der Waals surface area contributed by atoms with E-state index < -0.39 is 0 Å². The van der Waals surface area contributed by atoms with E-state index in [1.807, 2.05) is 0 Å². The Hall–Kier alpha value is -1.29. The molecule has 0 aliphatic heterocycles. The normalized spacial score (nSPS) is 35.8. The lowest BCUT2D eigenvalue weighted by atomic mass is 10.0. The molecule has 1 aromatic heterocycles. The molecular weight excluding hydrogens is 216 g/mol. The minimum Gasteiger partial charge on any atom is -0.459 e. The molecule has 3 rings (SSSR count). The first-order valence-electron chi connectivity index (χ1n) is 6.32. The van der Waals surface area contributed by atoms with Gasteiger partial charge in [0.1, 0.15) is 0 Å². The van der Waals surface area contributed by atoms with Gasteiger partial charge in [-0.1, -0.05) is 0 Å². The number of carbonyl (C=O) groups is 1. The standard InChI is InChI=1S/C13H18N2O2/c14-10-4-8-6-11(7-9(8)5-10)15-13(16)12-2-1-3-17-12/h1-3,8-11H,4-7,14H2,(H,15,16). The van der Waals surface area contributed by atoms with Crippen LogP contribution in [0.4, 0.5) is 0 Å². The smallest absolute Gasteiger partial charge is 0.287 e. The second kappa shape index (κ2) is 4.18. The predicted molar refractivity (Wildman–Crippen MR) is 63.4 cm³/mol. The summed E-state index contributed by atoms with van der Waals surface area (Å²) in [6.45, 7) is 0. The molecule has 17 heavy (non-hydrogen) atoms. The highest BCUT2D eigenvalue weighted by molar-refractivity contribution is 5.91. The first kappa shape index (κ1) is 10.8. The summed E-state index contributed by atoms with van der Waals surface area (Å²) in [4.78, 5) is 11.8. The summed E-state index contributed by atoms with van der Waals surface area (Å²) < 4.78 is 5.08. The molecule has 2 unspecified atom stereocenters. The van der Waals surface area contributed by atoms with Crippen LogP contribution in [0.5, 0.6) is 0 Å². The molecule has 1 aromatic rings. The fourth-order valence-corrected chi connectivity index (χ4v) is 3.45. The van der Waals surface area contributed by atoms with Crippen LogP contribution in [0.1, 0.15) is 36.2 Å². The van der Waals surface area contributed by atoms with Gasteiger partial charge in [-0.05, 0) is 49.7 Å². The largest absolute Gasteiger partial charge is 0.459 e. The number of nitrogens with two attached hydrogens (primary N) is 1. The van der Waals surface area contributed by atoms with Crippen LogP contribution < -0.4 is 11.1 Å². The van der Waals surface area contributed by atoms with Crippen molar-refractivity contribution in [3.05, 3.63) is 24.2 Å². The third kappa shape index (κ3) is 2.09. The molecular formula is C13H18N2O2. The Kier molecular flexibility index (Phi) is 2.67. The molecule has 2 saturated carbocycles. The highest BCUT2D eigenvalue weighted by Crippen LogP contribution is 2.43. The zero-order chi connectivity index (χ0) is 11.8. The Morgan fingerprint density at radius 1 is 1.29 bits per heavy atom. The fraction of sp³-hybridized carbons (Fsp3) is 0.615. The minimum absolute atomic E-state index is 0.0933. The Morgan fingerprint density at radius 3 is 2.59 bits per heavy atom. The van der Waals surface area contributed by atoms with E-state index in [9.17, 15) is 4.79 Å². The average molecular weight is 234 g/mol. The SMILES string of the molecule is NC1CC2CC(NC(=O)c3ccco3)CC2C1. The lowest BCUT2D eigenvalue weighted by molar-refractivity contribution is 0.0908. The quantitative estimate of drug-likeness (QED) is 0.815. The molecule has 0 radical (unpaired) electrons. The molecule has 0 aromatic carbocycles. The number of nitrogens with one attached hydrogen (secondary N) is 1. The Bertz CT molecular complexity index is 388. The number of carbonyl (C=O) groups excluding carboxylic acids is 1. The van der Waals surface area contributed by atoms with Gasteiger partial charge in [0.05, 0.1) is 6.26 Å². The van der Waals surface area contributed by atoms with Gasteiger partial charge < -0.3 is 15.5 Å². The predicted octanol–water partition coefficient (Wildman–Crippen LogP) is 1.53. The third-order valence-corrected chi connectivity index (χ3v) is 4.13. The molecule has 2 atom stereocenters. The molecule has 3 N–H and O–H groups in total. The molecule has 2 aliphatic rings. The van der Waals surface area contributed by atoms with Crippen LogP contribution in [-0.4, -0.2) is 18.0 Å². The van der Waals surface area contributed by atoms with Crippen molar-refractivity contribution in [1.29, 1.82) is 0 Å². The van der Waals surface area contributed by atoms with Gasteiger partial charge in [-0.2, -0.15) is 0 Å². The topological polar surface area (TPSA) is 68.3 Å². The van der Waals surface area contributed by atoms with Gasteiger partial charge in [0.25, 0.3) is 5.91 Å². The summed E-state index contributed by atoms with van der Waals surface area (Å²) in [6.07, 6.45) is 5.92. The van der Waals surface area contributed by atoms with Gasteiger partial charge in [-0.25, -0.2) is 0 Å². The van der Waals surface area contributed by atoms with Crippen molar-refractivity contribution in [1.82, 2.24) is 5.32 Å². The van der Waals surface area contributed by atoms with Crippen molar-refractivity contribution in [3.8, 4) is 0 Å². The molecule has 92 valence electrons. The zero-order valence-corrected chi connectivity index (χ0v) is 9.76. The van der Waals surface area contributed by atoms with Gasteiger partial charge in [-0.3, -0.25) is 4.79 Å². The summed E-state index contributed by atoms with van der Waals surface area (Å²) in [5.74, 6) is 1.74. The number of hydrogen-bond acceptors (Lipinski definition) is 3. The van der Waals surface area contributed by atoms with Crippen LogP contribution in [0, 0.1) is 11.8 Å². The van der Waals surface area contributed by atoms with Gasteiger partial charge in [0.2, 0.25) is 0 Å². The van der Waals surface area contributed by atoms with E-state index >= 15 is 0 Å². The lowest BCUT2D eigenvalue weighted by Crippen LogP contribution is -2.33. The molecule has 4 heteroatoms. The van der Waals surface area contributed by atoms with E-state index in [4.69, 9.17) is 10.2 Å². The molecule has 2 fully saturated rings. The lowest BCUT2D eigenvalue weighted by Gasteiger charge is -2.13. The Labute approximate surface area is 101 Å². The maximum absolute atomic E-state index is 11.8. The highest BCUT2D eigenvalue weighted by atomic mass is 16.3. The van der Waals surface area contributed by atoms with Crippen LogP contribution in [-0.2, 0) is 0 Å². The van der Waals surface area contributed by atoms with Crippen LogP contribution in [0.15, 0.2) is 22.8 Å². The Morgan fingerprint density at radius 2 is 2.00 bits per heavy atom. The number of hydrogen-bond donors (Lipinski definition) is 2. The second-order valence-corrected chi connectivity index (χ2v) is 5.37. The number of furan rings is 1. The Balaban J connectivity index is 1.57. The first-order valence-corrected chi connectivity index (χ1v) is 6.32. The van der Waals surface area contributed by atoms with Crippen LogP contribution >= 0.6 is 0 Å². The zero-order valence-electron chi connectivity index (χ0n) is 9.76. The van der Waals surface area contributed by atoms with Crippen molar-refractivity contribution in [3.63, 3.8) is 0 Å². The van der Waals surface area contributed by atoms with Crippen LogP contribution in [0.2, 0.25) is 0 Å². The molecule has 0 saturated heterocycles. The van der Waals surface area contributed by atoms with E-state index in [1.165, 1.54) is 6.26 Å². The van der Waals surface area contributed by atoms with Crippen molar-refractivity contribution < 1.29 is 9.21 Å². The fourth-order valence-electron chi connectivity index (χ4n) is 3.45. The summed E-state index contributed by atoms with van der Waals surface area (Å²) in [5, 5.41) is 3.05. The van der Waals surface area contributed by atoms with E-state index in [0.717, 1.165) is 25.7 Å². The van der Waals surface area contributed by atoms with Crippen molar-refractivity contribution in [2.45, 2.75) is 37.8 Å². The molecule has 1 heterocycles. The van der Waals surface area contributed by atoms with E-state index in [0.29, 0.717) is 29.7 Å². The molecule has 2 aliphatic carbocycles. The highest BCUT2D eigenvalue weighted by Gasteiger charge is 2.40. The summed E-state index contributed by atoms with van der Waals surface area (Å²) in [6, 6.07) is 4.11. The maximum atomic E-state index is 11.8. The molecule has 1 amide bonds. The van der Waals surface area contributed by atoms with E-state index in [-0.39, 0.29) is 5.91 Å². The van der Waals surface area contributed by atoms with Gasteiger partial charge in [-0.15, -0.1) is 0 Å². The summed E-state index contributed by atoms with van der Waals surface area (Å²) >= 11 is 0. The monoisotopic (exact) mass is 234 g/mol. The van der Waals surface area contributed by atoms with Gasteiger partial charge >= 0.3 is 0 Å². The molecule has 0 bridgehead atoms. The van der Waals surface area contributed by atoms with Crippen LogP contribution in [0.3, 0.4) is 0 Å². The number of fused-ring (bicyclic) bond motifs is 1. The third-order valence-electron chi connectivity index (χ3n) is 4.13. The van der Waals surface area contributed by atoms with Crippen molar-refractivity contribution in [2.24, 2.45) is 17.6 Å². The molecule has 4 nitrogen and oxygen atoms in total. The summed E-state index contributed by atoms with van der Waals surface area (Å²) in [5.41, 5.74) is 5.95. The number of rotatable bonds is 2. The first-order chi connectivity index (χ1) is 8.22. The second-order valence-electron chi connectivity index (χ2n) is 5.37. The molecule has 0 spiro atoms. The minimum atomic E-state index is -0.0933. The summed E-state index contributed by atoms with van der Waals surface area (Å²) in [7, 11) is 0.